The van der Waals surface area contributed by atoms with Crippen molar-refractivity contribution in [3.05, 3.63) is 53.3 Å². The van der Waals surface area contributed by atoms with E-state index in [1.807, 2.05) is 23.9 Å². The quantitative estimate of drug-likeness (QED) is 0.881. The minimum atomic E-state index is -0.0137. The fraction of sp³-hybridized carbons (Fsp3) is 0.524. The summed E-state index contributed by atoms with van der Waals surface area (Å²) in [6.45, 7) is 7.33. The van der Waals surface area contributed by atoms with Gasteiger partial charge in [-0.25, -0.2) is 0 Å². The first-order chi connectivity index (χ1) is 13.1. The molecule has 6 nitrogen and oxygen atoms in total. The zero-order valence-electron chi connectivity index (χ0n) is 16.1. The number of hydrogen-bond acceptors (Lipinski definition) is 4. The lowest BCUT2D eigenvalue weighted by atomic mass is 10.1. The van der Waals surface area contributed by atoms with Crippen LogP contribution in [0.5, 0.6) is 0 Å². The fourth-order valence-corrected chi connectivity index (χ4v) is 4.20. The second-order valence-electron chi connectivity index (χ2n) is 7.64. The molecule has 144 valence electrons. The van der Waals surface area contributed by atoms with E-state index in [2.05, 4.69) is 46.5 Å². The summed E-state index contributed by atoms with van der Waals surface area (Å²) in [5.74, 6) is -0.0137. The number of rotatable bonds is 5. The third-order valence-corrected chi connectivity index (χ3v) is 5.57. The number of amides is 1. The van der Waals surface area contributed by atoms with Crippen LogP contribution in [0.15, 0.2) is 36.5 Å². The van der Waals surface area contributed by atoms with Crippen LogP contribution in [0.2, 0.25) is 0 Å². The molecule has 2 aliphatic rings. The van der Waals surface area contributed by atoms with E-state index in [0.717, 1.165) is 44.8 Å². The number of benzene rings is 1. The van der Waals surface area contributed by atoms with Crippen LogP contribution in [0, 0.1) is 6.92 Å². The highest BCUT2D eigenvalue weighted by Crippen LogP contribution is 2.30. The van der Waals surface area contributed by atoms with Crippen molar-refractivity contribution in [3.8, 4) is 0 Å². The molecular formula is C21H28N4O2. The third kappa shape index (κ3) is 3.92. The van der Waals surface area contributed by atoms with E-state index in [1.165, 1.54) is 5.56 Å². The Hall–Kier alpha value is -2.18. The molecule has 0 bridgehead atoms. The molecular weight excluding hydrogens is 340 g/mol. The van der Waals surface area contributed by atoms with Crippen LogP contribution in [-0.2, 0) is 11.3 Å². The van der Waals surface area contributed by atoms with Crippen molar-refractivity contribution in [2.45, 2.75) is 51.4 Å². The molecule has 1 aromatic carbocycles. The summed E-state index contributed by atoms with van der Waals surface area (Å²) < 4.78 is 7.96. The Labute approximate surface area is 160 Å². The monoisotopic (exact) mass is 368 g/mol. The van der Waals surface area contributed by atoms with Gasteiger partial charge < -0.3 is 10.1 Å². The average molecular weight is 368 g/mol. The van der Waals surface area contributed by atoms with E-state index in [-0.39, 0.29) is 18.1 Å². The molecule has 1 N–H and O–H groups in total. The summed E-state index contributed by atoms with van der Waals surface area (Å²) in [6, 6.07) is 10.9. The lowest BCUT2D eigenvalue weighted by molar-refractivity contribution is -0.0502. The maximum absolute atomic E-state index is 12.7. The standard InChI is InChI=1S/C21H28N4O2/c1-3-9-25-12-19(15(2)23-25)21(26)22-17-10-18-14-27-20(13-24(18)11-17)16-7-5-4-6-8-16/h4-8,12,17-18,20H,3,9-11,13-14H2,1-2H3,(H,22,26)/t17-,18+,20-/m1/s1. The second-order valence-corrected chi connectivity index (χ2v) is 7.64. The molecule has 1 aromatic heterocycles. The molecule has 2 aliphatic heterocycles. The van der Waals surface area contributed by atoms with Crippen molar-refractivity contribution in [2.75, 3.05) is 19.7 Å². The summed E-state index contributed by atoms with van der Waals surface area (Å²) in [6.07, 6.45) is 3.93. The van der Waals surface area contributed by atoms with Crippen LogP contribution in [-0.4, -0.2) is 52.4 Å². The van der Waals surface area contributed by atoms with E-state index in [1.54, 1.807) is 0 Å². The molecule has 0 spiro atoms. The Morgan fingerprint density at radius 3 is 2.89 bits per heavy atom. The van der Waals surface area contributed by atoms with Gasteiger partial charge in [0.05, 0.1) is 24.0 Å². The largest absolute Gasteiger partial charge is 0.371 e. The SMILES string of the molecule is CCCn1cc(C(=O)N[C@@H]2C[C@H]3CO[C@@H](c4ccccc4)CN3C2)c(C)n1. The Kier molecular flexibility index (Phi) is 5.27. The molecule has 4 rings (SSSR count). The molecule has 3 atom stereocenters. The summed E-state index contributed by atoms with van der Waals surface area (Å²) in [4.78, 5) is 15.2. The Morgan fingerprint density at radius 2 is 2.11 bits per heavy atom. The normalized spacial score (nSPS) is 25.3. The zero-order valence-corrected chi connectivity index (χ0v) is 16.1. The van der Waals surface area contributed by atoms with Crippen molar-refractivity contribution < 1.29 is 9.53 Å². The molecule has 3 heterocycles. The highest BCUT2D eigenvalue weighted by atomic mass is 16.5. The number of morpholine rings is 1. The number of nitrogens with one attached hydrogen (secondary N) is 1. The van der Waals surface area contributed by atoms with Crippen molar-refractivity contribution in [1.82, 2.24) is 20.0 Å². The molecule has 0 saturated carbocycles. The molecule has 1 amide bonds. The molecule has 6 heteroatoms. The van der Waals surface area contributed by atoms with Crippen LogP contribution in [0.1, 0.15) is 47.5 Å². The van der Waals surface area contributed by atoms with E-state index in [0.29, 0.717) is 11.6 Å². The van der Waals surface area contributed by atoms with Crippen molar-refractivity contribution >= 4 is 5.91 Å². The van der Waals surface area contributed by atoms with Gasteiger partial charge in [-0.2, -0.15) is 5.10 Å². The van der Waals surface area contributed by atoms with Gasteiger partial charge in [0.2, 0.25) is 0 Å². The minimum absolute atomic E-state index is 0.0137. The Bertz CT molecular complexity index is 789. The Balaban J connectivity index is 1.36. The lowest BCUT2D eigenvalue weighted by Crippen LogP contribution is -2.43. The van der Waals surface area contributed by atoms with Gasteiger partial charge >= 0.3 is 0 Å². The third-order valence-electron chi connectivity index (χ3n) is 5.57. The highest BCUT2D eigenvalue weighted by Gasteiger charge is 2.38. The lowest BCUT2D eigenvalue weighted by Gasteiger charge is -2.35. The van der Waals surface area contributed by atoms with Gasteiger partial charge in [0.1, 0.15) is 0 Å². The number of hydrogen-bond donors (Lipinski definition) is 1. The predicted octanol–water partition coefficient (Wildman–Crippen LogP) is 2.55. The van der Waals surface area contributed by atoms with E-state index < -0.39 is 0 Å². The van der Waals surface area contributed by atoms with Gasteiger partial charge in [-0.05, 0) is 25.3 Å². The maximum Gasteiger partial charge on any atom is 0.255 e. The molecule has 0 unspecified atom stereocenters. The van der Waals surface area contributed by atoms with Gasteiger partial charge in [-0.1, -0.05) is 37.3 Å². The highest BCUT2D eigenvalue weighted by molar-refractivity contribution is 5.95. The topological polar surface area (TPSA) is 59.4 Å². The van der Waals surface area contributed by atoms with E-state index in [4.69, 9.17) is 4.74 Å². The van der Waals surface area contributed by atoms with Crippen molar-refractivity contribution in [2.24, 2.45) is 0 Å². The van der Waals surface area contributed by atoms with Gasteiger partial charge in [-0.3, -0.25) is 14.4 Å². The first-order valence-corrected chi connectivity index (χ1v) is 9.89. The second kappa shape index (κ2) is 7.82. The fourth-order valence-electron chi connectivity index (χ4n) is 4.20. The minimum Gasteiger partial charge on any atom is -0.371 e. The van der Waals surface area contributed by atoms with E-state index >= 15 is 0 Å². The van der Waals surface area contributed by atoms with Gasteiger partial charge in [0.25, 0.3) is 5.91 Å². The number of ether oxygens (including phenoxy) is 1. The summed E-state index contributed by atoms with van der Waals surface area (Å²) in [5, 5.41) is 7.65. The number of carbonyl (C=O) groups excluding carboxylic acids is 1. The predicted molar refractivity (Wildman–Crippen MR) is 104 cm³/mol. The van der Waals surface area contributed by atoms with Gasteiger partial charge in [-0.15, -0.1) is 0 Å². The van der Waals surface area contributed by atoms with Crippen LogP contribution in [0.4, 0.5) is 0 Å². The number of fused-ring (bicyclic) bond motifs is 1. The molecule has 2 aromatic rings. The molecule has 2 saturated heterocycles. The number of carbonyl (C=O) groups is 1. The molecule has 2 fully saturated rings. The molecule has 0 aliphatic carbocycles. The average Bonchev–Trinajstić information content (AvgIpc) is 3.24. The number of aromatic nitrogens is 2. The molecule has 0 radical (unpaired) electrons. The summed E-state index contributed by atoms with van der Waals surface area (Å²) in [5.41, 5.74) is 2.71. The van der Waals surface area contributed by atoms with E-state index in [9.17, 15) is 4.79 Å². The van der Waals surface area contributed by atoms with Crippen molar-refractivity contribution in [3.63, 3.8) is 0 Å². The van der Waals surface area contributed by atoms with Gasteiger partial charge in [0, 0.05) is 37.9 Å². The first-order valence-electron chi connectivity index (χ1n) is 9.89. The van der Waals surface area contributed by atoms with Crippen LogP contribution in [0.25, 0.3) is 0 Å². The number of aryl methyl sites for hydroxylation is 2. The molecule has 27 heavy (non-hydrogen) atoms. The Morgan fingerprint density at radius 1 is 1.30 bits per heavy atom. The van der Waals surface area contributed by atoms with Crippen LogP contribution < -0.4 is 5.32 Å². The summed E-state index contributed by atoms with van der Waals surface area (Å²) in [7, 11) is 0. The van der Waals surface area contributed by atoms with Gasteiger partial charge in [0.15, 0.2) is 0 Å². The zero-order chi connectivity index (χ0) is 18.8. The van der Waals surface area contributed by atoms with Crippen LogP contribution in [0.3, 0.4) is 0 Å². The maximum atomic E-state index is 12.7. The summed E-state index contributed by atoms with van der Waals surface area (Å²) >= 11 is 0. The van der Waals surface area contributed by atoms with Crippen LogP contribution >= 0.6 is 0 Å². The van der Waals surface area contributed by atoms with Crippen molar-refractivity contribution in [1.29, 1.82) is 0 Å². The first kappa shape index (κ1) is 18.2. The number of nitrogens with zero attached hydrogens (tertiary/aromatic N) is 3. The smallest absolute Gasteiger partial charge is 0.255 e.